The molecule has 21 heavy (non-hydrogen) atoms. The summed E-state index contributed by atoms with van der Waals surface area (Å²) in [6, 6.07) is 6.42. The maximum atomic E-state index is 13.5. The first-order valence-corrected chi connectivity index (χ1v) is 6.01. The summed E-state index contributed by atoms with van der Waals surface area (Å²) < 4.78 is 39.3. The van der Waals surface area contributed by atoms with Crippen LogP contribution in [0.3, 0.4) is 0 Å². The zero-order valence-electron chi connectivity index (χ0n) is 11.0. The highest BCUT2D eigenvalue weighted by Crippen LogP contribution is 2.22. The van der Waals surface area contributed by atoms with Crippen molar-refractivity contribution in [3.8, 4) is 0 Å². The fourth-order valence-corrected chi connectivity index (χ4v) is 1.82. The zero-order chi connectivity index (χ0) is 15.6. The van der Waals surface area contributed by atoms with Crippen molar-refractivity contribution in [2.75, 3.05) is 5.32 Å². The highest BCUT2D eigenvalue weighted by atomic mass is 19.2. The third-order valence-corrected chi connectivity index (χ3v) is 2.99. The monoisotopic (exact) mass is 296 g/mol. The molecule has 0 bridgehead atoms. The van der Waals surface area contributed by atoms with E-state index in [1.54, 1.807) is 19.1 Å². The lowest BCUT2D eigenvalue weighted by atomic mass is 10.1. The van der Waals surface area contributed by atoms with E-state index in [-0.39, 0.29) is 17.9 Å². The number of nitrogens with zero attached hydrogens (tertiary/aromatic N) is 1. The molecule has 0 radical (unpaired) electrons. The van der Waals surface area contributed by atoms with Gasteiger partial charge in [0.1, 0.15) is 0 Å². The minimum absolute atomic E-state index is 0.0448. The van der Waals surface area contributed by atoms with Gasteiger partial charge in [0.15, 0.2) is 17.5 Å². The van der Waals surface area contributed by atoms with E-state index in [1.165, 1.54) is 6.07 Å². The van der Waals surface area contributed by atoms with Gasteiger partial charge in [-0.15, -0.1) is 0 Å². The van der Waals surface area contributed by atoms with Crippen LogP contribution >= 0.6 is 0 Å². The van der Waals surface area contributed by atoms with Crippen molar-refractivity contribution >= 4 is 11.4 Å². The van der Waals surface area contributed by atoms with Crippen LogP contribution in [0.2, 0.25) is 0 Å². The van der Waals surface area contributed by atoms with Crippen molar-refractivity contribution in [3.05, 3.63) is 69.0 Å². The van der Waals surface area contributed by atoms with E-state index in [2.05, 4.69) is 5.32 Å². The Hall–Kier alpha value is -2.57. The molecule has 2 aromatic rings. The van der Waals surface area contributed by atoms with E-state index in [0.29, 0.717) is 11.1 Å². The Bertz CT molecular complexity index is 705. The Kier molecular flexibility index (Phi) is 4.11. The molecule has 0 saturated heterocycles. The van der Waals surface area contributed by atoms with Crippen molar-refractivity contribution in [2.24, 2.45) is 0 Å². The summed E-state index contributed by atoms with van der Waals surface area (Å²) in [7, 11) is 0. The first kappa shape index (κ1) is 14.8. The second-order valence-corrected chi connectivity index (χ2v) is 4.45. The van der Waals surface area contributed by atoms with E-state index in [9.17, 15) is 23.3 Å². The average Bonchev–Trinajstić information content (AvgIpc) is 2.45. The van der Waals surface area contributed by atoms with Gasteiger partial charge in [-0.3, -0.25) is 10.1 Å². The standard InChI is InChI=1S/C14H11F3N2O2/c1-8-2-3-9(6-12(8)19(20)21)7-18-11-5-4-10(15)13(16)14(11)17/h2-6,18H,7H2,1H3. The zero-order valence-corrected chi connectivity index (χ0v) is 11.0. The van der Waals surface area contributed by atoms with Gasteiger partial charge in [0.25, 0.3) is 5.69 Å². The van der Waals surface area contributed by atoms with Gasteiger partial charge in [-0.2, -0.15) is 0 Å². The van der Waals surface area contributed by atoms with Gasteiger partial charge in [0, 0.05) is 18.2 Å². The molecule has 0 aromatic heterocycles. The maximum Gasteiger partial charge on any atom is 0.272 e. The molecule has 0 aliphatic heterocycles. The molecule has 110 valence electrons. The maximum absolute atomic E-state index is 13.5. The largest absolute Gasteiger partial charge is 0.379 e. The van der Waals surface area contributed by atoms with Gasteiger partial charge in [-0.25, -0.2) is 13.2 Å². The summed E-state index contributed by atoms with van der Waals surface area (Å²) in [6.07, 6.45) is 0. The van der Waals surface area contributed by atoms with Gasteiger partial charge >= 0.3 is 0 Å². The minimum Gasteiger partial charge on any atom is -0.379 e. The summed E-state index contributed by atoms with van der Waals surface area (Å²) in [5, 5.41) is 13.4. The number of aryl methyl sites for hydroxylation is 1. The fourth-order valence-electron chi connectivity index (χ4n) is 1.82. The van der Waals surface area contributed by atoms with Gasteiger partial charge < -0.3 is 5.32 Å². The molecule has 0 aliphatic rings. The van der Waals surface area contributed by atoms with Crippen LogP contribution < -0.4 is 5.32 Å². The van der Waals surface area contributed by atoms with Gasteiger partial charge in [-0.05, 0) is 24.6 Å². The van der Waals surface area contributed by atoms with Gasteiger partial charge in [-0.1, -0.05) is 12.1 Å². The van der Waals surface area contributed by atoms with Crippen molar-refractivity contribution in [2.45, 2.75) is 13.5 Å². The molecule has 1 N–H and O–H groups in total. The number of halogens is 3. The van der Waals surface area contributed by atoms with Crippen LogP contribution in [0.5, 0.6) is 0 Å². The molecule has 2 rings (SSSR count). The van der Waals surface area contributed by atoms with E-state index in [4.69, 9.17) is 0 Å². The summed E-state index contributed by atoms with van der Waals surface area (Å²) in [6.45, 7) is 1.65. The summed E-state index contributed by atoms with van der Waals surface area (Å²) in [4.78, 5) is 10.3. The van der Waals surface area contributed by atoms with E-state index >= 15 is 0 Å². The normalized spacial score (nSPS) is 10.5. The topological polar surface area (TPSA) is 55.2 Å². The van der Waals surface area contributed by atoms with E-state index < -0.39 is 22.4 Å². The molecule has 0 spiro atoms. The van der Waals surface area contributed by atoms with E-state index in [1.807, 2.05) is 0 Å². The Labute approximate surface area is 118 Å². The highest BCUT2D eigenvalue weighted by molar-refractivity contribution is 5.48. The fraction of sp³-hybridized carbons (Fsp3) is 0.143. The Morgan fingerprint density at radius 1 is 1.14 bits per heavy atom. The molecule has 0 heterocycles. The molecule has 0 aliphatic carbocycles. The highest BCUT2D eigenvalue weighted by Gasteiger charge is 2.14. The van der Waals surface area contributed by atoms with Crippen LogP contribution in [0.4, 0.5) is 24.5 Å². The summed E-state index contributed by atoms with van der Waals surface area (Å²) >= 11 is 0. The lowest BCUT2D eigenvalue weighted by molar-refractivity contribution is -0.385. The van der Waals surface area contributed by atoms with Gasteiger partial charge in [0.05, 0.1) is 10.6 Å². The van der Waals surface area contributed by atoms with Crippen molar-refractivity contribution in [3.63, 3.8) is 0 Å². The number of rotatable bonds is 4. The molecular formula is C14H11F3N2O2. The van der Waals surface area contributed by atoms with Crippen LogP contribution in [0.1, 0.15) is 11.1 Å². The van der Waals surface area contributed by atoms with Crippen LogP contribution in [0.25, 0.3) is 0 Å². The number of nitro groups is 1. The molecule has 0 saturated carbocycles. The number of benzene rings is 2. The van der Waals surface area contributed by atoms with Crippen molar-refractivity contribution in [1.82, 2.24) is 0 Å². The van der Waals surface area contributed by atoms with Crippen LogP contribution in [-0.2, 0) is 6.54 Å². The van der Waals surface area contributed by atoms with Crippen molar-refractivity contribution < 1.29 is 18.1 Å². The number of nitrogens with one attached hydrogen (secondary N) is 1. The Balaban J connectivity index is 2.19. The first-order valence-electron chi connectivity index (χ1n) is 6.01. The molecule has 0 fully saturated rings. The number of hydrogen-bond acceptors (Lipinski definition) is 3. The summed E-state index contributed by atoms with van der Waals surface area (Å²) in [5.41, 5.74) is 0.761. The molecular weight excluding hydrogens is 285 g/mol. The average molecular weight is 296 g/mol. The van der Waals surface area contributed by atoms with Crippen LogP contribution in [0, 0.1) is 34.5 Å². The molecule has 0 atom stereocenters. The third-order valence-electron chi connectivity index (χ3n) is 2.99. The number of nitro benzene ring substituents is 1. The minimum atomic E-state index is -1.56. The SMILES string of the molecule is Cc1ccc(CNc2ccc(F)c(F)c2F)cc1[N+](=O)[O-]. The number of hydrogen-bond donors (Lipinski definition) is 1. The predicted octanol–water partition coefficient (Wildman–Crippen LogP) is 3.93. The predicted molar refractivity (Wildman–Crippen MR) is 71.5 cm³/mol. The lowest BCUT2D eigenvalue weighted by Gasteiger charge is -2.09. The quantitative estimate of drug-likeness (QED) is 0.528. The lowest BCUT2D eigenvalue weighted by Crippen LogP contribution is -2.04. The Morgan fingerprint density at radius 2 is 1.86 bits per heavy atom. The molecule has 2 aromatic carbocycles. The molecule has 0 unspecified atom stereocenters. The molecule has 4 nitrogen and oxygen atoms in total. The van der Waals surface area contributed by atoms with E-state index in [0.717, 1.165) is 12.1 Å². The number of anilines is 1. The summed E-state index contributed by atoms with van der Waals surface area (Å²) in [5.74, 6) is -4.16. The second-order valence-electron chi connectivity index (χ2n) is 4.45. The van der Waals surface area contributed by atoms with Crippen molar-refractivity contribution in [1.29, 1.82) is 0 Å². The molecule has 7 heteroatoms. The third kappa shape index (κ3) is 3.13. The van der Waals surface area contributed by atoms with Crippen LogP contribution in [-0.4, -0.2) is 4.92 Å². The van der Waals surface area contributed by atoms with Gasteiger partial charge in [0.2, 0.25) is 0 Å². The first-order chi connectivity index (χ1) is 9.90. The smallest absolute Gasteiger partial charge is 0.272 e. The molecule has 0 amide bonds. The Morgan fingerprint density at radius 3 is 2.52 bits per heavy atom. The second kappa shape index (κ2) is 5.82. The van der Waals surface area contributed by atoms with Crippen LogP contribution in [0.15, 0.2) is 30.3 Å².